The predicted octanol–water partition coefficient (Wildman–Crippen LogP) is 2.31. The van der Waals surface area contributed by atoms with E-state index in [2.05, 4.69) is 0 Å². The Morgan fingerprint density at radius 3 is 2.56 bits per heavy atom. The van der Waals surface area contributed by atoms with Crippen LogP contribution in [0.25, 0.3) is 0 Å². The third-order valence-corrected chi connectivity index (χ3v) is 7.75. The summed E-state index contributed by atoms with van der Waals surface area (Å²) in [6, 6.07) is 4.73. The number of aliphatic carboxylic acids is 1. The van der Waals surface area contributed by atoms with Crippen molar-refractivity contribution in [3.8, 4) is 11.5 Å². The Hall–Kier alpha value is -4.01. The number of hydrogen-bond acceptors (Lipinski definition) is 7. The van der Waals surface area contributed by atoms with Crippen LogP contribution in [0.15, 0.2) is 52.6 Å². The maximum atomic E-state index is 13.4. The van der Waals surface area contributed by atoms with Gasteiger partial charge in [0.25, 0.3) is 0 Å². The fourth-order valence-corrected chi connectivity index (χ4v) is 6.10. The van der Waals surface area contributed by atoms with Crippen molar-refractivity contribution < 1.29 is 38.9 Å². The number of carboxylic acid groups (broad SMARTS) is 1. The number of methoxy groups -OCH3 is 1. The van der Waals surface area contributed by atoms with Crippen molar-refractivity contribution >= 4 is 29.4 Å². The monoisotopic (exact) mass is 491 g/mol. The van der Waals surface area contributed by atoms with Crippen molar-refractivity contribution in [1.29, 1.82) is 0 Å². The number of allylic oxidation sites excluding steroid dienone is 6. The highest BCUT2D eigenvalue weighted by atomic mass is 16.5. The van der Waals surface area contributed by atoms with Crippen LogP contribution in [0.5, 0.6) is 11.5 Å². The van der Waals surface area contributed by atoms with E-state index in [4.69, 9.17) is 9.84 Å². The molecule has 1 aromatic rings. The Bertz CT molecular complexity index is 1330. The zero-order valence-electron chi connectivity index (χ0n) is 19.8. The molecule has 1 aromatic carbocycles. The van der Waals surface area contributed by atoms with Gasteiger partial charge in [0.2, 0.25) is 11.8 Å². The van der Waals surface area contributed by atoms with Gasteiger partial charge < -0.3 is 14.9 Å². The Kier molecular flexibility index (Phi) is 5.65. The van der Waals surface area contributed by atoms with Gasteiger partial charge in [-0.2, -0.15) is 0 Å². The summed E-state index contributed by atoms with van der Waals surface area (Å²) < 4.78 is 5.19. The molecular formula is C27H25NO8. The molecule has 0 radical (unpaired) electrons. The van der Waals surface area contributed by atoms with Gasteiger partial charge in [-0.3, -0.25) is 28.9 Å². The van der Waals surface area contributed by atoms with Crippen LogP contribution in [-0.4, -0.2) is 58.1 Å². The first-order chi connectivity index (χ1) is 17.1. The normalized spacial score (nSPS) is 27.3. The lowest BCUT2D eigenvalue weighted by atomic mass is 9.59. The molecule has 2 amide bonds. The molecule has 4 aliphatic rings. The van der Waals surface area contributed by atoms with Gasteiger partial charge in [0, 0.05) is 40.8 Å². The van der Waals surface area contributed by atoms with Gasteiger partial charge in [-0.05, 0) is 37.8 Å². The quantitative estimate of drug-likeness (QED) is 0.364. The largest absolute Gasteiger partial charge is 0.507 e. The number of ether oxygens (including phenoxy) is 1. The number of amides is 2. The highest BCUT2D eigenvalue weighted by Crippen LogP contribution is 2.56. The molecule has 186 valence electrons. The van der Waals surface area contributed by atoms with E-state index in [1.807, 2.05) is 6.08 Å². The smallest absolute Gasteiger partial charge is 0.305 e. The number of aromatic hydroxyl groups is 1. The molecule has 4 atom stereocenters. The second kappa shape index (κ2) is 8.58. The SMILES string of the molecule is COc1ccc([C@H]2C3=CC[C@@H]4C(=O)N(CCC(=O)O)C(=O)[C@@H]4[C@@H]3CC3=C2C(=O)C(C)=CC3=O)c(O)c1. The van der Waals surface area contributed by atoms with E-state index < -0.39 is 41.5 Å². The molecule has 5 rings (SSSR count). The number of Topliss-reactive ketones (excluding diaryl/α,β-unsaturated/α-hetero) is 1. The summed E-state index contributed by atoms with van der Waals surface area (Å²) in [6.07, 6.45) is 3.16. The lowest BCUT2D eigenvalue weighted by Crippen LogP contribution is -2.40. The van der Waals surface area contributed by atoms with E-state index in [0.29, 0.717) is 28.0 Å². The molecule has 36 heavy (non-hydrogen) atoms. The summed E-state index contributed by atoms with van der Waals surface area (Å²) in [5.74, 6) is -4.99. The fraction of sp³-hybridized carbons (Fsp3) is 0.370. The molecule has 1 aliphatic heterocycles. The van der Waals surface area contributed by atoms with Crippen molar-refractivity contribution in [2.45, 2.75) is 32.1 Å². The van der Waals surface area contributed by atoms with Gasteiger partial charge in [0.05, 0.1) is 25.4 Å². The zero-order chi connectivity index (χ0) is 25.9. The molecule has 9 heteroatoms. The van der Waals surface area contributed by atoms with Crippen LogP contribution in [0.2, 0.25) is 0 Å². The minimum absolute atomic E-state index is 0.112. The number of hydrogen-bond donors (Lipinski definition) is 2. The highest BCUT2D eigenvalue weighted by molar-refractivity contribution is 6.24. The number of fused-ring (bicyclic) bond motifs is 3. The lowest BCUT2D eigenvalue weighted by Gasteiger charge is -2.42. The number of benzene rings is 1. The van der Waals surface area contributed by atoms with Crippen molar-refractivity contribution in [3.05, 3.63) is 58.2 Å². The van der Waals surface area contributed by atoms with Crippen LogP contribution < -0.4 is 4.74 Å². The molecule has 0 spiro atoms. The highest BCUT2D eigenvalue weighted by Gasteiger charge is 2.56. The van der Waals surface area contributed by atoms with Gasteiger partial charge in [-0.15, -0.1) is 0 Å². The maximum absolute atomic E-state index is 13.4. The van der Waals surface area contributed by atoms with Crippen molar-refractivity contribution in [2.24, 2.45) is 17.8 Å². The first kappa shape index (κ1) is 23.7. The summed E-state index contributed by atoms with van der Waals surface area (Å²) in [5.41, 5.74) is 2.01. The average molecular weight is 491 g/mol. The molecule has 0 saturated carbocycles. The van der Waals surface area contributed by atoms with Crippen LogP contribution in [0.3, 0.4) is 0 Å². The van der Waals surface area contributed by atoms with Crippen LogP contribution in [0.4, 0.5) is 0 Å². The molecule has 3 aliphatic carbocycles. The second-order valence-electron chi connectivity index (χ2n) is 9.63. The third-order valence-electron chi connectivity index (χ3n) is 7.75. The Labute approximate surface area is 206 Å². The first-order valence-corrected chi connectivity index (χ1v) is 11.8. The van der Waals surface area contributed by atoms with Crippen molar-refractivity contribution in [2.75, 3.05) is 13.7 Å². The molecule has 1 fully saturated rings. The number of carbonyl (C=O) groups is 5. The number of phenolic OH excluding ortho intramolecular Hbond substituents is 1. The van der Waals surface area contributed by atoms with Gasteiger partial charge >= 0.3 is 5.97 Å². The van der Waals surface area contributed by atoms with Crippen LogP contribution >= 0.6 is 0 Å². The Morgan fingerprint density at radius 1 is 1.14 bits per heavy atom. The standard InChI is InChI=1S/C27H25NO8/c1-12-9-19(29)18-11-17-14(5-6-16-23(17)27(35)28(26(16)34)8-7-21(31)32)22(24(18)25(12)33)15-4-3-13(36-2)10-20(15)30/h3-5,9-10,16-17,22-23,30H,6-8,11H2,1-2H3,(H,31,32)/t16-,17+,22+,23-/m0/s1. The maximum Gasteiger partial charge on any atom is 0.305 e. The molecule has 9 nitrogen and oxygen atoms in total. The lowest BCUT2D eigenvalue weighted by molar-refractivity contribution is -0.142. The second-order valence-corrected chi connectivity index (χ2v) is 9.63. The summed E-state index contributed by atoms with van der Waals surface area (Å²) in [6.45, 7) is 1.36. The minimum atomic E-state index is -1.11. The van der Waals surface area contributed by atoms with Gasteiger partial charge in [-0.1, -0.05) is 17.7 Å². The van der Waals surface area contributed by atoms with Crippen molar-refractivity contribution in [1.82, 2.24) is 4.90 Å². The number of ketones is 2. The van der Waals surface area contributed by atoms with E-state index in [0.717, 1.165) is 4.90 Å². The molecule has 0 aromatic heterocycles. The number of carbonyl (C=O) groups excluding carboxylic acids is 4. The van der Waals surface area contributed by atoms with Gasteiger partial charge in [-0.25, -0.2) is 0 Å². The van der Waals surface area contributed by atoms with Gasteiger partial charge in [0.1, 0.15) is 11.5 Å². The molecule has 1 saturated heterocycles. The first-order valence-electron chi connectivity index (χ1n) is 11.8. The van der Waals surface area contributed by atoms with E-state index in [1.54, 1.807) is 19.1 Å². The topological polar surface area (TPSA) is 138 Å². The van der Waals surface area contributed by atoms with Crippen molar-refractivity contribution in [3.63, 3.8) is 0 Å². The van der Waals surface area contributed by atoms with E-state index in [1.165, 1.54) is 19.3 Å². The molecule has 2 N–H and O–H groups in total. The Balaban J connectivity index is 1.63. The van der Waals surface area contributed by atoms with E-state index in [9.17, 15) is 29.1 Å². The molecule has 0 bridgehead atoms. The Morgan fingerprint density at radius 2 is 1.89 bits per heavy atom. The number of nitrogens with zero attached hydrogens (tertiary/aromatic N) is 1. The van der Waals surface area contributed by atoms with E-state index >= 15 is 0 Å². The summed E-state index contributed by atoms with van der Waals surface area (Å²) >= 11 is 0. The molecule has 0 unspecified atom stereocenters. The molecular weight excluding hydrogens is 466 g/mol. The van der Waals surface area contributed by atoms with Gasteiger partial charge in [0.15, 0.2) is 11.6 Å². The number of rotatable bonds is 5. The van der Waals surface area contributed by atoms with E-state index in [-0.39, 0.29) is 48.7 Å². The van der Waals surface area contributed by atoms with Crippen LogP contribution in [0, 0.1) is 17.8 Å². The third kappa shape index (κ3) is 3.49. The summed E-state index contributed by atoms with van der Waals surface area (Å²) in [7, 11) is 1.46. The number of carboxylic acids is 1. The number of likely N-dealkylation sites (tertiary alicyclic amines) is 1. The molecule has 1 heterocycles. The summed E-state index contributed by atoms with van der Waals surface area (Å²) in [5, 5.41) is 19.9. The predicted molar refractivity (Wildman–Crippen MR) is 125 cm³/mol. The zero-order valence-corrected chi connectivity index (χ0v) is 19.8. The fourth-order valence-electron chi connectivity index (χ4n) is 6.10. The average Bonchev–Trinajstić information content (AvgIpc) is 3.09. The number of phenols is 1. The number of imide groups is 1. The summed E-state index contributed by atoms with van der Waals surface area (Å²) in [4.78, 5) is 65.0. The van der Waals surface area contributed by atoms with Crippen LogP contribution in [0.1, 0.15) is 37.7 Å². The van der Waals surface area contributed by atoms with Crippen LogP contribution in [-0.2, 0) is 24.0 Å². The minimum Gasteiger partial charge on any atom is -0.507 e.